The van der Waals surface area contributed by atoms with Crippen molar-refractivity contribution >= 4 is 33.5 Å². The topological polar surface area (TPSA) is 118 Å². The minimum absolute atomic E-state index is 0.178. The molecule has 0 aliphatic carbocycles. The van der Waals surface area contributed by atoms with E-state index in [9.17, 15) is 4.79 Å². The summed E-state index contributed by atoms with van der Waals surface area (Å²) in [6, 6.07) is 1.96. The molecule has 0 amide bonds. The molecule has 0 fully saturated rings. The van der Waals surface area contributed by atoms with Crippen molar-refractivity contribution in [3.8, 4) is 0 Å². The van der Waals surface area contributed by atoms with Gasteiger partial charge in [0.2, 0.25) is 0 Å². The highest BCUT2D eigenvalue weighted by Gasteiger charge is 2.17. The number of nitrogens with one attached hydrogen (secondary N) is 2. The van der Waals surface area contributed by atoms with E-state index in [-0.39, 0.29) is 11.4 Å². The van der Waals surface area contributed by atoms with Crippen LogP contribution in [0.25, 0.3) is 27.7 Å². The van der Waals surface area contributed by atoms with Gasteiger partial charge in [0.1, 0.15) is 11.2 Å². The Labute approximate surface area is 111 Å². The van der Waals surface area contributed by atoms with Gasteiger partial charge in [-0.3, -0.25) is 15.0 Å². The van der Waals surface area contributed by atoms with Crippen molar-refractivity contribution in [2.45, 2.75) is 13.8 Å². The lowest BCUT2D eigenvalue weighted by molar-refractivity contribution is 0.953. The molecule has 0 atom stereocenters. The molecule has 0 unspecified atom stereocenters. The minimum atomic E-state index is -0.313. The molecule has 20 heavy (non-hydrogen) atoms. The quantitative estimate of drug-likeness (QED) is 0.433. The Morgan fingerprint density at radius 3 is 2.80 bits per heavy atom. The van der Waals surface area contributed by atoms with Crippen molar-refractivity contribution in [1.29, 1.82) is 0 Å². The first-order valence-electron chi connectivity index (χ1n) is 6.09. The zero-order valence-electron chi connectivity index (χ0n) is 10.9. The molecule has 4 aromatic rings. The fraction of sp³-hybridized carbons (Fsp3) is 0.167. The van der Waals surface area contributed by atoms with Crippen molar-refractivity contribution in [2.24, 2.45) is 0 Å². The maximum absolute atomic E-state index is 11.7. The Morgan fingerprint density at radius 1 is 1.20 bits per heavy atom. The van der Waals surface area contributed by atoms with E-state index in [4.69, 9.17) is 5.73 Å². The summed E-state index contributed by atoms with van der Waals surface area (Å²) in [6.07, 6.45) is 0. The number of nitrogens with zero attached hydrogens (tertiary/aromatic N) is 4. The summed E-state index contributed by atoms with van der Waals surface area (Å²) in [4.78, 5) is 20.4. The van der Waals surface area contributed by atoms with Crippen molar-refractivity contribution in [2.75, 3.05) is 5.73 Å². The van der Waals surface area contributed by atoms with Crippen LogP contribution in [0, 0.1) is 13.8 Å². The first kappa shape index (κ1) is 11.0. The number of hydrogen-bond donors (Lipinski definition) is 3. The van der Waals surface area contributed by atoms with Crippen LogP contribution in [0.15, 0.2) is 10.9 Å². The van der Waals surface area contributed by atoms with Crippen molar-refractivity contribution < 1.29 is 0 Å². The number of fused-ring (bicyclic) bond motifs is 5. The predicted molar refractivity (Wildman–Crippen MR) is 74.7 cm³/mol. The lowest BCUT2D eigenvalue weighted by Crippen LogP contribution is -2.04. The van der Waals surface area contributed by atoms with Crippen LogP contribution in [0.1, 0.15) is 11.3 Å². The number of hydrogen-bond acceptors (Lipinski definition) is 5. The molecule has 0 aliphatic heterocycles. The molecular weight excluding hydrogens is 258 g/mol. The lowest BCUT2D eigenvalue weighted by atomic mass is 10.2. The Hall–Kier alpha value is -2.90. The summed E-state index contributed by atoms with van der Waals surface area (Å²) in [6.45, 7) is 3.88. The van der Waals surface area contributed by atoms with Crippen molar-refractivity contribution in [1.82, 2.24) is 29.8 Å². The fourth-order valence-electron chi connectivity index (χ4n) is 2.59. The van der Waals surface area contributed by atoms with Crippen LogP contribution >= 0.6 is 0 Å². The van der Waals surface area contributed by atoms with E-state index in [1.807, 2.05) is 19.9 Å². The monoisotopic (exact) mass is 269 g/mol. The van der Waals surface area contributed by atoms with E-state index in [2.05, 4.69) is 25.3 Å². The summed E-state index contributed by atoms with van der Waals surface area (Å²) in [5, 5.41) is 10.8. The minimum Gasteiger partial charge on any atom is -0.383 e. The zero-order valence-corrected chi connectivity index (χ0v) is 10.9. The number of aryl methyl sites for hydroxylation is 2. The molecule has 0 saturated heterocycles. The molecule has 0 radical (unpaired) electrons. The average molecular weight is 269 g/mol. The molecule has 0 aromatic carbocycles. The SMILES string of the molecule is Cc1cc(C)c2c(n1)nn1c2nc(N)c2c(=O)[nH][nH]c21. The maximum Gasteiger partial charge on any atom is 0.277 e. The van der Waals surface area contributed by atoms with E-state index in [0.29, 0.717) is 22.3 Å². The molecule has 4 heterocycles. The standard InChI is InChI=1S/C12H11N7O/c1-4-3-5(2)14-9-6(4)10-15-8(13)7-11(19(10)18-9)16-17-12(7)20/h3H,1-2H3,(H2,13,15)(H2,16,17,20). The van der Waals surface area contributed by atoms with Crippen molar-refractivity contribution in [3.63, 3.8) is 0 Å². The van der Waals surface area contributed by atoms with Gasteiger partial charge >= 0.3 is 0 Å². The Balaban J connectivity index is 2.37. The Bertz CT molecular complexity index is 1050. The van der Waals surface area contributed by atoms with Crippen LogP contribution in [0.3, 0.4) is 0 Å². The van der Waals surface area contributed by atoms with E-state index in [1.165, 1.54) is 0 Å². The van der Waals surface area contributed by atoms with Gasteiger partial charge in [-0.25, -0.2) is 9.97 Å². The third kappa shape index (κ3) is 1.20. The van der Waals surface area contributed by atoms with E-state index in [0.717, 1.165) is 16.6 Å². The first-order chi connectivity index (χ1) is 9.56. The number of rotatable bonds is 0. The number of nitrogens with two attached hydrogens (primary N) is 1. The van der Waals surface area contributed by atoms with Crippen LogP contribution in [0.5, 0.6) is 0 Å². The molecule has 4 aromatic heterocycles. The number of aromatic nitrogens is 6. The van der Waals surface area contributed by atoms with Gasteiger partial charge in [0.15, 0.2) is 16.9 Å². The highest BCUT2D eigenvalue weighted by Crippen LogP contribution is 2.25. The molecule has 0 spiro atoms. The molecule has 0 aliphatic rings. The molecule has 4 N–H and O–H groups in total. The summed E-state index contributed by atoms with van der Waals surface area (Å²) in [5.41, 5.74) is 9.14. The van der Waals surface area contributed by atoms with Gasteiger partial charge < -0.3 is 5.73 Å². The molecule has 100 valence electrons. The Morgan fingerprint density at radius 2 is 2.00 bits per heavy atom. The van der Waals surface area contributed by atoms with Crippen molar-refractivity contribution in [3.05, 3.63) is 27.7 Å². The average Bonchev–Trinajstić information content (AvgIpc) is 2.90. The smallest absolute Gasteiger partial charge is 0.277 e. The van der Waals surface area contributed by atoms with E-state index < -0.39 is 0 Å². The summed E-state index contributed by atoms with van der Waals surface area (Å²) < 4.78 is 1.56. The maximum atomic E-state index is 11.7. The second-order valence-electron chi connectivity index (χ2n) is 4.81. The summed E-state index contributed by atoms with van der Waals surface area (Å²) in [7, 11) is 0. The van der Waals surface area contributed by atoms with E-state index >= 15 is 0 Å². The molecule has 0 saturated carbocycles. The fourth-order valence-corrected chi connectivity index (χ4v) is 2.59. The van der Waals surface area contributed by atoms with Crippen LogP contribution < -0.4 is 11.3 Å². The van der Waals surface area contributed by atoms with Gasteiger partial charge in [-0.1, -0.05) is 0 Å². The Kier molecular flexibility index (Phi) is 1.84. The molecular formula is C12H11N7O. The van der Waals surface area contributed by atoms with Crippen LogP contribution in [0.4, 0.5) is 5.82 Å². The second-order valence-corrected chi connectivity index (χ2v) is 4.81. The third-order valence-electron chi connectivity index (χ3n) is 3.40. The van der Waals surface area contributed by atoms with Crippen LogP contribution in [-0.2, 0) is 0 Å². The van der Waals surface area contributed by atoms with Gasteiger partial charge in [0.05, 0.1) is 5.39 Å². The third-order valence-corrected chi connectivity index (χ3v) is 3.40. The zero-order chi connectivity index (χ0) is 14.0. The number of pyridine rings is 1. The number of nitrogen functional groups attached to an aromatic ring is 1. The van der Waals surface area contributed by atoms with Gasteiger partial charge in [-0.15, -0.1) is 5.10 Å². The molecule has 4 rings (SSSR count). The van der Waals surface area contributed by atoms with E-state index in [1.54, 1.807) is 4.52 Å². The molecule has 8 heteroatoms. The van der Waals surface area contributed by atoms with Crippen LogP contribution in [-0.4, -0.2) is 29.8 Å². The van der Waals surface area contributed by atoms with Gasteiger partial charge in [0.25, 0.3) is 5.56 Å². The number of aromatic amines is 2. The largest absolute Gasteiger partial charge is 0.383 e. The highest BCUT2D eigenvalue weighted by molar-refractivity contribution is 5.97. The lowest BCUT2D eigenvalue weighted by Gasteiger charge is -1.99. The highest BCUT2D eigenvalue weighted by atomic mass is 16.1. The molecule has 8 nitrogen and oxygen atoms in total. The predicted octanol–water partition coefficient (Wildman–Crippen LogP) is 0.646. The normalized spacial score (nSPS) is 11.9. The van der Waals surface area contributed by atoms with Gasteiger partial charge in [-0.05, 0) is 25.5 Å². The number of H-pyrrole nitrogens is 2. The number of anilines is 1. The summed E-state index contributed by atoms with van der Waals surface area (Å²) in [5.74, 6) is 0.178. The van der Waals surface area contributed by atoms with Gasteiger partial charge in [0, 0.05) is 5.69 Å². The van der Waals surface area contributed by atoms with Crippen LogP contribution in [0.2, 0.25) is 0 Å². The van der Waals surface area contributed by atoms with Gasteiger partial charge in [-0.2, -0.15) is 4.52 Å². The summed E-state index contributed by atoms with van der Waals surface area (Å²) >= 11 is 0. The second kappa shape index (κ2) is 3.35. The molecule has 0 bridgehead atoms. The first-order valence-corrected chi connectivity index (χ1v) is 6.09.